The van der Waals surface area contributed by atoms with E-state index in [1.165, 1.54) is 12.1 Å². The van der Waals surface area contributed by atoms with Crippen molar-refractivity contribution >= 4 is 29.0 Å². The first-order valence-corrected chi connectivity index (χ1v) is 10.5. The molecule has 1 fully saturated rings. The van der Waals surface area contributed by atoms with Gasteiger partial charge in [0, 0.05) is 4.75 Å². The lowest BCUT2D eigenvalue weighted by Gasteiger charge is -2.22. The Morgan fingerprint density at radius 1 is 1.07 bits per heavy atom. The predicted molar refractivity (Wildman–Crippen MR) is 113 cm³/mol. The zero-order valence-corrected chi connectivity index (χ0v) is 17.6. The van der Waals surface area contributed by atoms with Gasteiger partial charge in [-0.05, 0) is 79.8 Å². The highest BCUT2D eigenvalue weighted by Gasteiger charge is 2.44. The number of anilines is 3. The van der Waals surface area contributed by atoms with Crippen molar-refractivity contribution in [1.29, 1.82) is 0 Å². The van der Waals surface area contributed by atoms with Crippen LogP contribution in [0.25, 0.3) is 0 Å². The molecule has 28 heavy (non-hydrogen) atoms. The smallest absolute Gasteiger partial charge is 0.184 e. The minimum absolute atomic E-state index is 0.0487. The van der Waals surface area contributed by atoms with Crippen LogP contribution in [0.5, 0.6) is 0 Å². The number of aryl methyl sites for hydroxylation is 2. The fraction of sp³-hybridized carbons (Fsp3) is 0.455. The first kappa shape index (κ1) is 20.9. The van der Waals surface area contributed by atoms with Crippen LogP contribution in [-0.2, 0) is 6.42 Å². The highest BCUT2D eigenvalue weighted by molar-refractivity contribution is 8.02. The van der Waals surface area contributed by atoms with Crippen LogP contribution in [0, 0.1) is 30.3 Å². The monoisotopic (exact) mass is 408 g/mol. The number of hydrogen-bond donors (Lipinski definition) is 2. The van der Waals surface area contributed by atoms with Crippen molar-refractivity contribution in [3.05, 3.63) is 52.8 Å². The molecule has 0 spiro atoms. The van der Waals surface area contributed by atoms with Crippen molar-refractivity contribution in [3.63, 3.8) is 0 Å². The van der Waals surface area contributed by atoms with Gasteiger partial charge in [-0.1, -0.05) is 26.8 Å². The van der Waals surface area contributed by atoms with Gasteiger partial charge in [-0.25, -0.2) is 13.2 Å². The van der Waals surface area contributed by atoms with Crippen molar-refractivity contribution in [1.82, 2.24) is 0 Å². The summed E-state index contributed by atoms with van der Waals surface area (Å²) in [5.74, 6) is -1.88. The van der Waals surface area contributed by atoms with Crippen molar-refractivity contribution in [2.45, 2.75) is 58.1 Å². The van der Waals surface area contributed by atoms with E-state index >= 15 is 0 Å². The second-order valence-electron chi connectivity index (χ2n) is 8.03. The van der Waals surface area contributed by atoms with Crippen LogP contribution in [0.3, 0.4) is 0 Å². The van der Waals surface area contributed by atoms with E-state index in [2.05, 4.69) is 23.9 Å². The second kappa shape index (κ2) is 8.27. The average molecular weight is 409 g/mol. The maximum atomic E-state index is 14.7. The molecule has 1 aliphatic carbocycles. The molecule has 2 nitrogen and oxygen atoms in total. The Balaban J connectivity index is 1.94. The molecule has 0 heterocycles. The predicted octanol–water partition coefficient (Wildman–Crippen LogP) is 7.36. The Morgan fingerprint density at radius 3 is 2.36 bits per heavy atom. The second-order valence-corrected chi connectivity index (χ2v) is 9.30. The molecule has 0 radical (unpaired) electrons. The third kappa shape index (κ3) is 4.59. The molecule has 6 heteroatoms. The topological polar surface area (TPSA) is 24.1 Å². The van der Waals surface area contributed by atoms with Gasteiger partial charge in [-0.3, -0.25) is 0 Å². The van der Waals surface area contributed by atoms with Gasteiger partial charge in [0.05, 0.1) is 11.4 Å². The van der Waals surface area contributed by atoms with Crippen molar-refractivity contribution < 1.29 is 13.2 Å². The number of nitrogens with one attached hydrogen (secondary N) is 2. The Labute approximate surface area is 169 Å². The third-order valence-corrected chi connectivity index (χ3v) is 6.34. The van der Waals surface area contributed by atoms with Gasteiger partial charge in [0.25, 0.3) is 0 Å². The maximum absolute atomic E-state index is 14.7. The highest BCUT2D eigenvalue weighted by Crippen LogP contribution is 2.53. The van der Waals surface area contributed by atoms with Crippen LogP contribution < -0.4 is 10.0 Å². The van der Waals surface area contributed by atoms with Gasteiger partial charge in [0.15, 0.2) is 11.6 Å². The molecule has 0 aliphatic heterocycles. The lowest BCUT2D eigenvalue weighted by molar-refractivity contribution is 0.511. The summed E-state index contributed by atoms with van der Waals surface area (Å²) < 4.78 is 46.6. The summed E-state index contributed by atoms with van der Waals surface area (Å²) in [6, 6.07) is 5.85. The highest BCUT2D eigenvalue weighted by atomic mass is 32.2. The van der Waals surface area contributed by atoms with E-state index < -0.39 is 17.5 Å². The molecule has 1 aliphatic rings. The maximum Gasteiger partial charge on any atom is 0.184 e. The van der Waals surface area contributed by atoms with Gasteiger partial charge in [0.1, 0.15) is 11.5 Å². The Kier molecular flexibility index (Phi) is 6.18. The van der Waals surface area contributed by atoms with Crippen LogP contribution >= 0.6 is 11.9 Å². The van der Waals surface area contributed by atoms with Crippen LogP contribution in [0.2, 0.25) is 0 Å². The lowest BCUT2D eigenvalue weighted by Crippen LogP contribution is -2.12. The quantitative estimate of drug-likeness (QED) is 0.446. The molecular formula is C22H27F3N2S. The summed E-state index contributed by atoms with van der Waals surface area (Å²) in [5.41, 5.74) is 1.97. The Bertz CT molecular complexity index is 863. The molecule has 0 bridgehead atoms. The molecule has 152 valence electrons. The molecule has 0 aromatic heterocycles. The molecule has 1 saturated carbocycles. The zero-order valence-electron chi connectivity index (χ0n) is 16.8. The molecule has 0 saturated heterocycles. The molecule has 3 rings (SSSR count). The summed E-state index contributed by atoms with van der Waals surface area (Å²) in [6.07, 6.45) is 3.79. The van der Waals surface area contributed by atoms with E-state index in [0.29, 0.717) is 23.6 Å². The van der Waals surface area contributed by atoms with Crippen molar-refractivity contribution in [3.8, 4) is 0 Å². The molecule has 2 aromatic carbocycles. The first-order chi connectivity index (χ1) is 13.2. The molecule has 0 amide bonds. The molecule has 0 unspecified atom stereocenters. The van der Waals surface area contributed by atoms with Gasteiger partial charge in [-0.15, -0.1) is 0 Å². The largest absolute Gasteiger partial charge is 0.349 e. The fourth-order valence-corrected chi connectivity index (χ4v) is 4.71. The molecule has 2 aromatic rings. The van der Waals surface area contributed by atoms with Crippen LogP contribution in [0.4, 0.5) is 30.2 Å². The van der Waals surface area contributed by atoms with Gasteiger partial charge < -0.3 is 10.0 Å². The van der Waals surface area contributed by atoms with Crippen LogP contribution in [0.15, 0.2) is 24.3 Å². The van der Waals surface area contributed by atoms with Gasteiger partial charge >= 0.3 is 0 Å². The first-order valence-electron chi connectivity index (χ1n) is 9.72. The van der Waals surface area contributed by atoms with Crippen LogP contribution in [0.1, 0.15) is 51.2 Å². The molecule has 2 N–H and O–H groups in total. The lowest BCUT2D eigenvalue weighted by atomic mass is 10.1. The van der Waals surface area contributed by atoms with Gasteiger partial charge in [-0.2, -0.15) is 0 Å². The fourth-order valence-electron chi connectivity index (χ4n) is 3.44. The van der Waals surface area contributed by atoms with Gasteiger partial charge in [0.2, 0.25) is 0 Å². The Morgan fingerprint density at radius 2 is 1.79 bits per heavy atom. The van der Waals surface area contributed by atoms with Crippen LogP contribution in [-0.4, -0.2) is 4.75 Å². The normalized spacial score (nSPS) is 15.0. The Hall–Kier alpha value is -1.82. The minimum atomic E-state index is -1.01. The number of hydrogen-bond acceptors (Lipinski definition) is 3. The third-order valence-electron chi connectivity index (χ3n) is 5.02. The zero-order chi connectivity index (χ0) is 20.5. The van der Waals surface area contributed by atoms with E-state index in [4.69, 9.17) is 0 Å². The average Bonchev–Trinajstić information content (AvgIpc) is 3.38. The van der Waals surface area contributed by atoms with E-state index in [1.807, 2.05) is 6.92 Å². The summed E-state index contributed by atoms with van der Waals surface area (Å²) >= 11 is 1.57. The standard InChI is InChI=1S/C22H27F3N2S/c1-5-15-11-17(24)19(25)21(26-18-7-6-14(4)10-16(18)23)20(15)27-28-22(8-9-22)12-13(2)3/h6-7,10-11,13,26-27H,5,8-9,12H2,1-4H3. The van der Waals surface area contributed by atoms with E-state index in [-0.39, 0.29) is 16.1 Å². The summed E-state index contributed by atoms with van der Waals surface area (Å²) in [4.78, 5) is 0. The number of rotatable bonds is 8. The van der Waals surface area contributed by atoms with E-state index in [0.717, 1.165) is 24.8 Å². The van der Waals surface area contributed by atoms with E-state index in [9.17, 15) is 13.2 Å². The summed E-state index contributed by atoms with van der Waals surface area (Å²) in [5, 5.41) is 2.78. The number of halogens is 3. The van der Waals surface area contributed by atoms with Crippen molar-refractivity contribution in [2.24, 2.45) is 5.92 Å². The summed E-state index contributed by atoms with van der Waals surface area (Å²) in [7, 11) is 0. The minimum Gasteiger partial charge on any atom is -0.349 e. The molecular weight excluding hydrogens is 381 g/mol. The van der Waals surface area contributed by atoms with Crippen molar-refractivity contribution in [2.75, 3.05) is 10.0 Å². The molecule has 0 atom stereocenters. The SMILES string of the molecule is CCc1cc(F)c(F)c(Nc2ccc(C)cc2F)c1NSC1(CC(C)C)CC1. The van der Waals surface area contributed by atoms with E-state index in [1.54, 1.807) is 31.0 Å². The summed E-state index contributed by atoms with van der Waals surface area (Å²) in [6.45, 7) is 8.03. The number of benzene rings is 2.